The summed E-state index contributed by atoms with van der Waals surface area (Å²) in [6.45, 7) is 5.65. The normalized spacial score (nSPS) is 15.7. The molecule has 1 aliphatic rings. The second kappa shape index (κ2) is 12.8. The molecule has 0 bridgehead atoms. The van der Waals surface area contributed by atoms with Crippen LogP contribution in [0.15, 0.2) is 48.5 Å². The lowest BCUT2D eigenvalue weighted by Gasteiger charge is -2.27. The summed E-state index contributed by atoms with van der Waals surface area (Å²) < 4.78 is 26.8. The predicted octanol–water partition coefficient (Wildman–Crippen LogP) is 6.19. The van der Waals surface area contributed by atoms with Crippen molar-refractivity contribution >= 4 is 5.91 Å². The van der Waals surface area contributed by atoms with E-state index in [4.69, 9.17) is 0 Å². The van der Waals surface area contributed by atoms with Gasteiger partial charge in [-0.3, -0.25) is 4.79 Å². The first-order valence-electron chi connectivity index (χ1n) is 12.5. The van der Waals surface area contributed by atoms with E-state index in [0.717, 1.165) is 30.5 Å². The summed E-state index contributed by atoms with van der Waals surface area (Å²) in [6.07, 6.45) is 8.00. The summed E-state index contributed by atoms with van der Waals surface area (Å²) in [5.74, 6) is 0.433. The number of halogens is 2. The number of carbonyl (C=O) groups excluding carboxylic acids is 1. The van der Waals surface area contributed by atoms with Crippen molar-refractivity contribution in [3.63, 3.8) is 0 Å². The second-order valence-corrected chi connectivity index (χ2v) is 9.72. The number of benzene rings is 2. The minimum Gasteiger partial charge on any atom is -0.355 e. The molecule has 0 aliphatic heterocycles. The van der Waals surface area contributed by atoms with Crippen LogP contribution >= 0.6 is 0 Å². The molecule has 0 unspecified atom stereocenters. The molecule has 33 heavy (non-hydrogen) atoms. The molecule has 1 amide bonds. The van der Waals surface area contributed by atoms with Gasteiger partial charge in [0.05, 0.1) is 6.04 Å². The molecule has 1 aliphatic carbocycles. The average molecular weight is 457 g/mol. The van der Waals surface area contributed by atoms with E-state index >= 15 is 0 Å². The van der Waals surface area contributed by atoms with E-state index in [1.165, 1.54) is 56.4 Å². The molecule has 2 N–H and O–H groups in total. The van der Waals surface area contributed by atoms with Crippen LogP contribution in [0.3, 0.4) is 0 Å². The van der Waals surface area contributed by atoms with Gasteiger partial charge in [-0.15, -0.1) is 0 Å². The lowest BCUT2D eigenvalue weighted by molar-refractivity contribution is -0.124. The zero-order chi connectivity index (χ0) is 23.6. The average Bonchev–Trinajstić information content (AvgIpc) is 2.81. The molecule has 5 heteroatoms. The fraction of sp³-hybridized carbons (Fsp3) is 0.536. The Bertz CT molecular complexity index is 800. The smallest absolute Gasteiger partial charge is 0.237 e. The van der Waals surface area contributed by atoms with Gasteiger partial charge in [-0.25, -0.2) is 8.78 Å². The van der Waals surface area contributed by atoms with Crippen LogP contribution in [-0.4, -0.2) is 25.0 Å². The molecule has 0 radical (unpaired) electrons. The van der Waals surface area contributed by atoms with E-state index in [-0.39, 0.29) is 35.4 Å². The molecule has 1 saturated carbocycles. The zero-order valence-electron chi connectivity index (χ0n) is 20.0. The molecule has 3 rings (SSSR count). The van der Waals surface area contributed by atoms with E-state index in [9.17, 15) is 13.6 Å². The summed E-state index contributed by atoms with van der Waals surface area (Å²) in [5, 5.41) is 6.62. The minimum absolute atomic E-state index is 0.0217. The highest BCUT2D eigenvalue weighted by atomic mass is 19.1. The monoisotopic (exact) mass is 456 g/mol. The largest absolute Gasteiger partial charge is 0.355 e. The Morgan fingerprint density at radius 2 is 1.45 bits per heavy atom. The Hall–Kier alpha value is -2.27. The molecular formula is C28H38F2N2O. The van der Waals surface area contributed by atoms with Gasteiger partial charge in [0.1, 0.15) is 11.6 Å². The van der Waals surface area contributed by atoms with Crippen molar-refractivity contribution in [1.82, 2.24) is 10.6 Å². The number of nitrogens with one attached hydrogen (secondary N) is 2. The molecule has 0 saturated heterocycles. The van der Waals surface area contributed by atoms with Crippen molar-refractivity contribution < 1.29 is 13.6 Å². The van der Waals surface area contributed by atoms with Gasteiger partial charge >= 0.3 is 0 Å². The van der Waals surface area contributed by atoms with E-state index < -0.39 is 0 Å². The first kappa shape index (κ1) is 25.4. The van der Waals surface area contributed by atoms with Gasteiger partial charge in [0.15, 0.2) is 0 Å². The second-order valence-electron chi connectivity index (χ2n) is 9.72. The highest BCUT2D eigenvalue weighted by Crippen LogP contribution is 2.29. The fourth-order valence-corrected chi connectivity index (χ4v) is 4.86. The summed E-state index contributed by atoms with van der Waals surface area (Å²) in [7, 11) is 0. The molecule has 180 valence electrons. The van der Waals surface area contributed by atoms with Gasteiger partial charge in [0.2, 0.25) is 5.91 Å². The van der Waals surface area contributed by atoms with Crippen molar-refractivity contribution in [2.75, 3.05) is 13.1 Å². The maximum absolute atomic E-state index is 13.4. The first-order chi connectivity index (χ1) is 15.9. The third-order valence-electron chi connectivity index (χ3n) is 6.81. The Morgan fingerprint density at radius 1 is 0.909 bits per heavy atom. The van der Waals surface area contributed by atoms with Gasteiger partial charge in [-0.05, 0) is 79.5 Å². The predicted molar refractivity (Wildman–Crippen MR) is 130 cm³/mol. The lowest BCUT2D eigenvalue weighted by Crippen LogP contribution is -2.49. The van der Waals surface area contributed by atoms with Gasteiger partial charge in [-0.2, -0.15) is 0 Å². The van der Waals surface area contributed by atoms with E-state index in [1.54, 1.807) is 24.3 Å². The Balaban J connectivity index is 1.53. The molecule has 3 nitrogen and oxygen atoms in total. The van der Waals surface area contributed by atoms with Gasteiger partial charge in [0.25, 0.3) is 0 Å². The third kappa shape index (κ3) is 7.92. The Kier molecular flexibility index (Phi) is 9.86. The van der Waals surface area contributed by atoms with E-state index in [2.05, 4.69) is 24.5 Å². The highest BCUT2D eigenvalue weighted by molar-refractivity contribution is 5.81. The SMILES string of the molecule is CC(C)[C@H](NCC1CCCCC1)C(=O)NCCCC(c1ccc(F)cc1)c1ccc(F)cc1. The topological polar surface area (TPSA) is 41.1 Å². The molecule has 0 spiro atoms. The maximum Gasteiger partial charge on any atom is 0.237 e. The molecule has 0 aromatic heterocycles. The summed E-state index contributed by atoms with van der Waals surface area (Å²) in [5.41, 5.74) is 1.98. The van der Waals surface area contributed by atoms with E-state index in [1.807, 2.05) is 0 Å². The summed E-state index contributed by atoms with van der Waals surface area (Å²) >= 11 is 0. The molecule has 0 heterocycles. The number of hydrogen-bond acceptors (Lipinski definition) is 2. The lowest BCUT2D eigenvalue weighted by atomic mass is 9.87. The third-order valence-corrected chi connectivity index (χ3v) is 6.81. The van der Waals surface area contributed by atoms with Crippen molar-refractivity contribution in [2.24, 2.45) is 11.8 Å². The van der Waals surface area contributed by atoms with Crippen LogP contribution in [0, 0.1) is 23.5 Å². The van der Waals surface area contributed by atoms with Gasteiger partial charge in [0, 0.05) is 12.5 Å². The van der Waals surface area contributed by atoms with Crippen LogP contribution in [-0.2, 0) is 4.79 Å². The minimum atomic E-state index is -0.274. The van der Waals surface area contributed by atoms with Crippen LogP contribution in [0.2, 0.25) is 0 Å². The van der Waals surface area contributed by atoms with Crippen molar-refractivity contribution in [1.29, 1.82) is 0 Å². The number of carbonyl (C=O) groups is 1. The molecule has 2 aromatic rings. The van der Waals surface area contributed by atoms with Crippen LogP contribution < -0.4 is 10.6 Å². The molecular weight excluding hydrogens is 418 g/mol. The van der Waals surface area contributed by atoms with Gasteiger partial charge in [-0.1, -0.05) is 57.4 Å². The standard InChI is InChI=1S/C28H38F2N2O/c1-20(2)27(32-19-21-7-4-3-5-8-21)28(33)31-18-6-9-26(22-10-14-24(29)15-11-22)23-12-16-25(30)17-13-23/h10-17,20-21,26-27,32H,3-9,18-19H2,1-2H3,(H,31,33)/t27-/m0/s1. The Labute approximate surface area is 197 Å². The number of rotatable bonds is 11. The van der Waals surface area contributed by atoms with Crippen molar-refractivity contribution in [2.45, 2.75) is 70.8 Å². The first-order valence-corrected chi connectivity index (χ1v) is 12.5. The van der Waals surface area contributed by atoms with Crippen molar-refractivity contribution in [3.8, 4) is 0 Å². The van der Waals surface area contributed by atoms with Crippen LogP contribution in [0.5, 0.6) is 0 Å². The van der Waals surface area contributed by atoms with Crippen LogP contribution in [0.1, 0.15) is 75.8 Å². The Morgan fingerprint density at radius 3 is 1.97 bits per heavy atom. The summed E-state index contributed by atoms with van der Waals surface area (Å²) in [4.78, 5) is 12.9. The number of hydrogen-bond donors (Lipinski definition) is 2. The quantitative estimate of drug-likeness (QED) is 0.396. The molecule has 1 atom stereocenters. The van der Waals surface area contributed by atoms with E-state index in [0.29, 0.717) is 12.5 Å². The number of amides is 1. The fourth-order valence-electron chi connectivity index (χ4n) is 4.86. The zero-order valence-corrected chi connectivity index (χ0v) is 20.0. The summed E-state index contributed by atoms with van der Waals surface area (Å²) in [6, 6.07) is 12.8. The van der Waals surface area contributed by atoms with Crippen molar-refractivity contribution in [3.05, 3.63) is 71.3 Å². The van der Waals surface area contributed by atoms with Crippen LogP contribution in [0.4, 0.5) is 8.78 Å². The maximum atomic E-state index is 13.4. The van der Waals surface area contributed by atoms with Gasteiger partial charge < -0.3 is 10.6 Å². The molecule has 2 aromatic carbocycles. The highest BCUT2D eigenvalue weighted by Gasteiger charge is 2.23. The molecule has 1 fully saturated rings. The van der Waals surface area contributed by atoms with Crippen LogP contribution in [0.25, 0.3) is 0 Å².